The fourth-order valence-corrected chi connectivity index (χ4v) is 3.10. The number of nitrogens with two attached hydrogens (primary N) is 1. The van der Waals surface area contributed by atoms with Gasteiger partial charge in [-0.05, 0) is 31.0 Å². The van der Waals surface area contributed by atoms with Gasteiger partial charge in [-0.25, -0.2) is 0 Å². The van der Waals surface area contributed by atoms with Crippen LogP contribution < -0.4 is 16.4 Å². The van der Waals surface area contributed by atoms with Gasteiger partial charge in [0.05, 0.1) is 17.7 Å². The topological polar surface area (TPSA) is 142 Å². The number of nitrogens with zero attached hydrogens (tertiary/aromatic N) is 1. The van der Waals surface area contributed by atoms with Gasteiger partial charge in [-0.1, -0.05) is 13.8 Å². The van der Waals surface area contributed by atoms with Crippen molar-refractivity contribution in [1.29, 1.82) is 0 Å². The highest BCUT2D eigenvalue weighted by Crippen LogP contribution is 2.27. The lowest BCUT2D eigenvalue weighted by molar-refractivity contribution is -0.137. The molecule has 0 spiro atoms. The standard InChI is InChI=1S/C18H24N4O5/c1-9(2)16-17(26)21-13-5-4-11(19)7-12(13)18(27)22(16)8-14(23)20-10(3)6-15(24)25/h4-5,7,9-10,16H,6,8,19H2,1-3H3,(H,20,23)(H,21,26)(H,24,25)/t10-,16-/m0/s1. The summed E-state index contributed by atoms with van der Waals surface area (Å²) >= 11 is 0. The number of anilines is 2. The first-order valence-electron chi connectivity index (χ1n) is 8.62. The fraction of sp³-hybridized carbons (Fsp3) is 0.444. The lowest BCUT2D eigenvalue weighted by Gasteiger charge is -2.31. The minimum atomic E-state index is -1.04. The zero-order valence-electron chi connectivity index (χ0n) is 15.5. The quantitative estimate of drug-likeness (QED) is 0.538. The van der Waals surface area contributed by atoms with E-state index in [4.69, 9.17) is 10.8 Å². The molecule has 1 aliphatic heterocycles. The number of hydrogen-bond donors (Lipinski definition) is 4. The third kappa shape index (κ3) is 4.75. The Morgan fingerprint density at radius 2 is 1.96 bits per heavy atom. The number of carboxylic acids is 1. The maximum atomic E-state index is 13.1. The maximum absolute atomic E-state index is 13.1. The molecule has 0 fully saturated rings. The highest BCUT2D eigenvalue weighted by Gasteiger charge is 2.38. The Morgan fingerprint density at radius 1 is 1.30 bits per heavy atom. The summed E-state index contributed by atoms with van der Waals surface area (Å²) in [6, 6.07) is 3.12. The molecule has 9 heteroatoms. The average molecular weight is 376 g/mol. The molecular formula is C18H24N4O5. The maximum Gasteiger partial charge on any atom is 0.305 e. The molecule has 3 amide bonds. The van der Waals surface area contributed by atoms with Crippen LogP contribution in [0.5, 0.6) is 0 Å². The van der Waals surface area contributed by atoms with Crippen molar-refractivity contribution < 1.29 is 24.3 Å². The molecule has 27 heavy (non-hydrogen) atoms. The fourth-order valence-electron chi connectivity index (χ4n) is 3.10. The first-order chi connectivity index (χ1) is 12.6. The predicted molar refractivity (Wildman–Crippen MR) is 99.0 cm³/mol. The van der Waals surface area contributed by atoms with Crippen LogP contribution in [-0.4, -0.2) is 52.3 Å². The Balaban J connectivity index is 2.31. The Bertz CT molecular complexity index is 777. The number of aliphatic carboxylic acids is 1. The number of hydrogen-bond acceptors (Lipinski definition) is 5. The van der Waals surface area contributed by atoms with E-state index in [-0.39, 0.29) is 24.4 Å². The summed E-state index contributed by atoms with van der Waals surface area (Å²) < 4.78 is 0. The van der Waals surface area contributed by atoms with Crippen LogP contribution in [0.2, 0.25) is 0 Å². The van der Waals surface area contributed by atoms with Gasteiger partial charge in [0.2, 0.25) is 11.8 Å². The molecular weight excluding hydrogens is 352 g/mol. The molecule has 0 aromatic heterocycles. The van der Waals surface area contributed by atoms with Crippen molar-refractivity contribution in [2.45, 2.75) is 39.3 Å². The summed E-state index contributed by atoms with van der Waals surface area (Å²) in [5, 5.41) is 14.1. The number of nitrogens with one attached hydrogen (secondary N) is 2. The van der Waals surface area contributed by atoms with Crippen LogP contribution in [0.1, 0.15) is 37.6 Å². The Hall–Kier alpha value is -3.10. The van der Waals surface area contributed by atoms with Gasteiger partial charge >= 0.3 is 5.97 Å². The van der Waals surface area contributed by atoms with Gasteiger partial charge in [0.1, 0.15) is 12.6 Å². The van der Waals surface area contributed by atoms with Crippen LogP contribution >= 0.6 is 0 Å². The lowest BCUT2D eigenvalue weighted by atomic mass is 10.0. The summed E-state index contributed by atoms with van der Waals surface area (Å²) in [6.45, 7) is 4.74. The highest BCUT2D eigenvalue weighted by atomic mass is 16.4. The smallest absolute Gasteiger partial charge is 0.305 e. The minimum Gasteiger partial charge on any atom is -0.481 e. The third-order valence-corrected chi connectivity index (χ3v) is 4.23. The van der Waals surface area contributed by atoms with E-state index in [0.29, 0.717) is 11.4 Å². The van der Waals surface area contributed by atoms with E-state index in [1.807, 2.05) is 0 Å². The lowest BCUT2D eigenvalue weighted by Crippen LogP contribution is -2.52. The van der Waals surface area contributed by atoms with Crippen molar-refractivity contribution in [3.05, 3.63) is 23.8 Å². The van der Waals surface area contributed by atoms with Crippen molar-refractivity contribution in [2.24, 2.45) is 5.92 Å². The molecule has 1 aliphatic rings. The summed E-state index contributed by atoms with van der Waals surface area (Å²) in [5.74, 6) is -2.71. The molecule has 2 rings (SSSR count). The second kappa shape index (κ2) is 8.07. The van der Waals surface area contributed by atoms with Gasteiger partial charge in [-0.15, -0.1) is 0 Å². The molecule has 1 aromatic rings. The number of carbonyl (C=O) groups excluding carboxylic acids is 3. The average Bonchev–Trinajstić information content (AvgIpc) is 2.62. The van der Waals surface area contributed by atoms with E-state index in [9.17, 15) is 19.2 Å². The number of carbonyl (C=O) groups is 4. The molecule has 0 aliphatic carbocycles. The van der Waals surface area contributed by atoms with Gasteiger partial charge in [-0.2, -0.15) is 0 Å². The number of carboxylic acid groups (broad SMARTS) is 1. The molecule has 2 atom stereocenters. The van der Waals surface area contributed by atoms with Crippen LogP contribution in [-0.2, 0) is 14.4 Å². The summed E-state index contributed by atoms with van der Waals surface area (Å²) in [7, 11) is 0. The number of nitrogen functional groups attached to an aromatic ring is 1. The molecule has 0 saturated carbocycles. The van der Waals surface area contributed by atoms with Crippen molar-refractivity contribution in [3.8, 4) is 0 Å². The van der Waals surface area contributed by atoms with Crippen LogP contribution in [0.15, 0.2) is 18.2 Å². The summed E-state index contributed by atoms with van der Waals surface area (Å²) in [6.07, 6.45) is -0.243. The first kappa shape index (κ1) is 20.2. The summed E-state index contributed by atoms with van der Waals surface area (Å²) in [4.78, 5) is 50.0. The minimum absolute atomic E-state index is 0.206. The number of amides is 3. The zero-order chi connectivity index (χ0) is 20.3. The van der Waals surface area contributed by atoms with E-state index in [2.05, 4.69) is 10.6 Å². The Labute approximate surface area is 156 Å². The normalized spacial score (nSPS) is 17.8. The monoisotopic (exact) mass is 376 g/mol. The van der Waals surface area contributed by atoms with Gasteiger partial charge in [0, 0.05) is 11.7 Å². The molecule has 1 aromatic carbocycles. The van der Waals surface area contributed by atoms with Crippen molar-refractivity contribution in [3.63, 3.8) is 0 Å². The van der Waals surface area contributed by atoms with E-state index in [1.165, 1.54) is 11.0 Å². The molecule has 0 saturated heterocycles. The summed E-state index contributed by atoms with van der Waals surface area (Å²) in [5.41, 5.74) is 6.67. The zero-order valence-corrected chi connectivity index (χ0v) is 15.5. The second-order valence-electron chi connectivity index (χ2n) is 6.98. The van der Waals surface area contributed by atoms with E-state index in [1.54, 1.807) is 32.9 Å². The van der Waals surface area contributed by atoms with Crippen molar-refractivity contribution >= 4 is 35.1 Å². The highest BCUT2D eigenvalue weighted by molar-refractivity contribution is 6.11. The van der Waals surface area contributed by atoms with E-state index >= 15 is 0 Å². The van der Waals surface area contributed by atoms with Crippen LogP contribution in [0.4, 0.5) is 11.4 Å². The molecule has 0 radical (unpaired) electrons. The van der Waals surface area contributed by atoms with E-state index in [0.717, 1.165) is 0 Å². The molecule has 9 nitrogen and oxygen atoms in total. The van der Waals surface area contributed by atoms with Gasteiger partial charge in [-0.3, -0.25) is 19.2 Å². The first-order valence-corrected chi connectivity index (χ1v) is 8.62. The van der Waals surface area contributed by atoms with Gasteiger partial charge in [0.25, 0.3) is 5.91 Å². The van der Waals surface area contributed by atoms with Crippen LogP contribution in [0, 0.1) is 5.92 Å². The van der Waals surface area contributed by atoms with Gasteiger partial charge in [0.15, 0.2) is 0 Å². The van der Waals surface area contributed by atoms with E-state index < -0.39 is 35.8 Å². The Morgan fingerprint density at radius 3 is 2.56 bits per heavy atom. The molecule has 0 unspecified atom stereocenters. The van der Waals surface area contributed by atoms with Crippen LogP contribution in [0.3, 0.4) is 0 Å². The second-order valence-corrected chi connectivity index (χ2v) is 6.98. The molecule has 1 heterocycles. The number of benzene rings is 1. The Kier molecular flexibility index (Phi) is 6.04. The molecule has 0 bridgehead atoms. The number of fused-ring (bicyclic) bond motifs is 1. The molecule has 146 valence electrons. The SMILES string of the molecule is CC(C)[C@H]1C(=O)Nc2ccc(N)cc2C(=O)N1CC(=O)N[C@@H](C)CC(=O)O. The third-order valence-electron chi connectivity index (χ3n) is 4.23. The van der Waals surface area contributed by atoms with Crippen molar-refractivity contribution in [2.75, 3.05) is 17.6 Å². The van der Waals surface area contributed by atoms with Gasteiger partial charge < -0.3 is 26.4 Å². The largest absolute Gasteiger partial charge is 0.481 e. The van der Waals surface area contributed by atoms with Crippen LogP contribution in [0.25, 0.3) is 0 Å². The number of rotatable bonds is 6. The van der Waals surface area contributed by atoms with Crippen molar-refractivity contribution in [1.82, 2.24) is 10.2 Å². The molecule has 5 N–H and O–H groups in total. The predicted octanol–water partition coefficient (Wildman–Crippen LogP) is 0.667.